The van der Waals surface area contributed by atoms with Crippen molar-refractivity contribution in [1.29, 1.82) is 0 Å². The molecule has 1 aromatic carbocycles. The van der Waals surface area contributed by atoms with Crippen LogP contribution in [0.1, 0.15) is 36.6 Å². The van der Waals surface area contributed by atoms with Crippen molar-refractivity contribution >= 4 is 34.2 Å². The van der Waals surface area contributed by atoms with Crippen molar-refractivity contribution in [2.45, 2.75) is 44.6 Å². The first kappa shape index (κ1) is 21.0. The Kier molecular flexibility index (Phi) is 8.03. The molecule has 2 aromatic rings. The molecule has 152 valence electrons. The third kappa shape index (κ3) is 5.88. The van der Waals surface area contributed by atoms with Gasteiger partial charge in [-0.05, 0) is 50.1 Å². The fourth-order valence-electron chi connectivity index (χ4n) is 3.26. The molecule has 1 aromatic heterocycles. The zero-order valence-electron chi connectivity index (χ0n) is 17.1. The second-order valence-electron chi connectivity index (χ2n) is 7.00. The van der Waals surface area contributed by atoms with Gasteiger partial charge in [-0.3, -0.25) is 0 Å². The molecule has 0 bridgehead atoms. The Morgan fingerprint density at radius 2 is 2.11 bits per heavy atom. The molecular weight excluding hydrogens is 386 g/mol. The van der Waals surface area contributed by atoms with Crippen molar-refractivity contribution in [3.8, 4) is 0 Å². The molecule has 1 saturated heterocycles. The molecule has 0 amide bonds. The zero-order chi connectivity index (χ0) is 19.8. The summed E-state index contributed by atoms with van der Waals surface area (Å²) in [6.45, 7) is 8.90. The molecule has 2 N–H and O–H groups in total. The van der Waals surface area contributed by atoms with Crippen molar-refractivity contribution in [3.05, 3.63) is 40.4 Å². The molecule has 7 heteroatoms. The van der Waals surface area contributed by atoms with E-state index in [1.807, 2.05) is 0 Å². The van der Waals surface area contributed by atoms with Gasteiger partial charge in [0, 0.05) is 42.9 Å². The topological polar surface area (TPSA) is 52.6 Å². The van der Waals surface area contributed by atoms with Crippen LogP contribution in [-0.4, -0.2) is 43.4 Å². The van der Waals surface area contributed by atoms with E-state index in [2.05, 4.69) is 59.2 Å². The summed E-state index contributed by atoms with van der Waals surface area (Å²) < 4.78 is 0. The molecule has 1 fully saturated rings. The van der Waals surface area contributed by atoms with Crippen LogP contribution in [0.5, 0.6) is 0 Å². The summed E-state index contributed by atoms with van der Waals surface area (Å²) >= 11 is 3.55. The van der Waals surface area contributed by atoms with Gasteiger partial charge in [0.05, 0.1) is 12.2 Å². The number of thiazole rings is 1. The zero-order valence-corrected chi connectivity index (χ0v) is 18.8. The van der Waals surface area contributed by atoms with Gasteiger partial charge in [0.1, 0.15) is 0 Å². The summed E-state index contributed by atoms with van der Waals surface area (Å²) in [4.78, 5) is 13.3. The average molecular weight is 418 g/mol. The van der Waals surface area contributed by atoms with Gasteiger partial charge < -0.3 is 15.5 Å². The summed E-state index contributed by atoms with van der Waals surface area (Å²) in [7, 11) is 0. The van der Waals surface area contributed by atoms with Crippen LogP contribution < -0.4 is 15.5 Å². The molecule has 3 rings (SSSR count). The first-order valence-corrected chi connectivity index (χ1v) is 12.1. The van der Waals surface area contributed by atoms with Gasteiger partial charge in [-0.25, -0.2) is 9.98 Å². The first-order valence-electron chi connectivity index (χ1n) is 10.0. The highest BCUT2D eigenvalue weighted by Crippen LogP contribution is 2.24. The van der Waals surface area contributed by atoms with Gasteiger partial charge in [0.25, 0.3) is 0 Å². The number of benzene rings is 1. The minimum Gasteiger partial charge on any atom is -0.357 e. The van der Waals surface area contributed by atoms with E-state index in [1.54, 1.807) is 23.1 Å². The highest BCUT2D eigenvalue weighted by Gasteiger charge is 2.15. The molecule has 0 aliphatic carbocycles. The highest BCUT2D eigenvalue weighted by atomic mass is 32.2. The Labute approximate surface area is 177 Å². The number of aryl methyl sites for hydroxylation is 1. The quantitative estimate of drug-likeness (QED) is 0.385. The Bertz CT molecular complexity index is 781. The molecule has 1 aliphatic heterocycles. The Hall–Kier alpha value is -1.73. The third-order valence-electron chi connectivity index (χ3n) is 4.78. The Morgan fingerprint density at radius 3 is 2.86 bits per heavy atom. The Morgan fingerprint density at radius 1 is 1.29 bits per heavy atom. The Balaban J connectivity index is 1.53. The molecule has 5 nitrogen and oxygen atoms in total. The van der Waals surface area contributed by atoms with Crippen LogP contribution in [0, 0.1) is 6.92 Å². The normalized spacial score (nSPS) is 14.5. The number of anilines is 1. The number of guanidine groups is 1. The van der Waals surface area contributed by atoms with Crippen molar-refractivity contribution in [2.24, 2.45) is 4.99 Å². The lowest BCUT2D eigenvalue weighted by molar-refractivity contribution is 0.788. The van der Waals surface area contributed by atoms with Gasteiger partial charge >= 0.3 is 0 Å². The second kappa shape index (κ2) is 10.7. The van der Waals surface area contributed by atoms with Crippen molar-refractivity contribution < 1.29 is 0 Å². The van der Waals surface area contributed by atoms with Gasteiger partial charge in [-0.1, -0.05) is 12.1 Å². The lowest BCUT2D eigenvalue weighted by Crippen LogP contribution is -2.38. The summed E-state index contributed by atoms with van der Waals surface area (Å²) in [5, 5.41) is 10.2. The number of rotatable bonds is 8. The summed E-state index contributed by atoms with van der Waals surface area (Å²) in [6.07, 6.45) is 5.61. The van der Waals surface area contributed by atoms with Gasteiger partial charge in [0.2, 0.25) is 0 Å². The third-order valence-corrected chi connectivity index (χ3v) is 6.55. The van der Waals surface area contributed by atoms with Crippen LogP contribution in [0.15, 0.2) is 33.5 Å². The monoisotopic (exact) mass is 417 g/mol. The smallest absolute Gasteiger partial charge is 0.191 e. The number of nitrogens with zero attached hydrogens (tertiary/aromatic N) is 3. The number of aliphatic imine (C=N–C) groups is 1. The van der Waals surface area contributed by atoms with Crippen LogP contribution in [-0.2, 0) is 13.0 Å². The summed E-state index contributed by atoms with van der Waals surface area (Å²) in [5.41, 5.74) is 3.72. The van der Waals surface area contributed by atoms with Crippen LogP contribution in [0.2, 0.25) is 0 Å². The van der Waals surface area contributed by atoms with E-state index in [4.69, 9.17) is 9.98 Å². The second-order valence-corrected chi connectivity index (χ2v) is 8.69. The van der Waals surface area contributed by atoms with Crippen molar-refractivity contribution in [1.82, 2.24) is 15.6 Å². The number of aromatic nitrogens is 1. The average Bonchev–Trinajstić information content (AvgIpc) is 3.38. The SMILES string of the molecule is CCNC(=NCc1ccc(C)cc1SC)NCCc1csc(N2CCCC2)n1. The molecule has 0 unspecified atom stereocenters. The minimum atomic E-state index is 0.682. The van der Waals surface area contributed by atoms with E-state index < -0.39 is 0 Å². The number of hydrogen-bond acceptors (Lipinski definition) is 5. The van der Waals surface area contributed by atoms with E-state index in [0.29, 0.717) is 6.54 Å². The van der Waals surface area contributed by atoms with Crippen LogP contribution >= 0.6 is 23.1 Å². The number of nitrogens with one attached hydrogen (secondary N) is 2. The standard InChI is InChI=1S/C21H31N5S2/c1-4-22-20(24-14-17-8-7-16(2)13-19(17)27-3)23-10-9-18-15-28-21(25-18)26-11-5-6-12-26/h7-8,13,15H,4-6,9-12,14H2,1-3H3,(H2,22,23,24). The summed E-state index contributed by atoms with van der Waals surface area (Å²) in [6, 6.07) is 6.57. The van der Waals surface area contributed by atoms with Crippen LogP contribution in [0.25, 0.3) is 0 Å². The van der Waals surface area contributed by atoms with E-state index in [1.165, 1.54) is 39.7 Å². The van der Waals surface area contributed by atoms with Gasteiger partial charge in [-0.15, -0.1) is 23.1 Å². The maximum absolute atomic E-state index is 4.80. The molecule has 0 radical (unpaired) electrons. The van der Waals surface area contributed by atoms with Crippen molar-refractivity contribution in [2.75, 3.05) is 37.3 Å². The number of thioether (sulfide) groups is 1. The first-order chi connectivity index (χ1) is 13.7. The van der Waals surface area contributed by atoms with Crippen LogP contribution in [0.3, 0.4) is 0 Å². The van der Waals surface area contributed by atoms with E-state index >= 15 is 0 Å². The van der Waals surface area contributed by atoms with E-state index in [9.17, 15) is 0 Å². The molecule has 28 heavy (non-hydrogen) atoms. The lowest BCUT2D eigenvalue weighted by atomic mass is 10.1. The predicted octanol–water partition coefficient (Wildman–Crippen LogP) is 4.07. The van der Waals surface area contributed by atoms with Gasteiger partial charge in [0.15, 0.2) is 11.1 Å². The predicted molar refractivity (Wildman–Crippen MR) is 123 cm³/mol. The molecular formula is C21H31N5S2. The molecule has 0 saturated carbocycles. The largest absolute Gasteiger partial charge is 0.357 e. The summed E-state index contributed by atoms with van der Waals surface area (Å²) in [5.74, 6) is 0.866. The fourth-order valence-corrected chi connectivity index (χ4v) is 4.87. The number of hydrogen-bond donors (Lipinski definition) is 2. The van der Waals surface area contributed by atoms with Gasteiger partial charge in [-0.2, -0.15) is 0 Å². The van der Waals surface area contributed by atoms with Crippen molar-refractivity contribution in [3.63, 3.8) is 0 Å². The minimum absolute atomic E-state index is 0.682. The maximum atomic E-state index is 4.80. The molecule has 0 atom stereocenters. The van der Waals surface area contributed by atoms with E-state index in [0.717, 1.165) is 38.6 Å². The van der Waals surface area contributed by atoms with E-state index in [-0.39, 0.29) is 0 Å². The molecule has 0 spiro atoms. The van der Waals surface area contributed by atoms with Crippen LogP contribution in [0.4, 0.5) is 5.13 Å². The molecule has 2 heterocycles. The fraction of sp³-hybridized carbons (Fsp3) is 0.524. The molecule has 1 aliphatic rings. The highest BCUT2D eigenvalue weighted by molar-refractivity contribution is 7.98. The lowest BCUT2D eigenvalue weighted by Gasteiger charge is -2.13. The maximum Gasteiger partial charge on any atom is 0.191 e.